The van der Waals surface area contributed by atoms with Gasteiger partial charge < -0.3 is 10.6 Å². The Hall–Kier alpha value is -1.34. The lowest BCUT2D eigenvalue weighted by Crippen LogP contribution is -2.26. The van der Waals surface area contributed by atoms with E-state index in [0.29, 0.717) is 6.54 Å². The highest BCUT2D eigenvalue weighted by Gasteiger charge is 2.05. The van der Waals surface area contributed by atoms with Crippen LogP contribution in [-0.2, 0) is 10.0 Å². The minimum atomic E-state index is -3.15. The maximum Gasteiger partial charge on any atom is 0.213 e. The molecule has 0 bridgehead atoms. The van der Waals surface area contributed by atoms with Crippen molar-refractivity contribution >= 4 is 21.5 Å². The van der Waals surface area contributed by atoms with Crippen LogP contribution in [0.1, 0.15) is 0 Å². The normalized spacial score (nSPS) is 11.1. The average Bonchev–Trinajstić information content (AvgIpc) is 2.29. The highest BCUT2D eigenvalue weighted by molar-refractivity contribution is 7.89. The summed E-state index contributed by atoms with van der Waals surface area (Å²) < 4.78 is 24.5. The molecule has 0 saturated carbocycles. The molecule has 0 saturated heterocycles. The average molecular weight is 244 g/mol. The van der Waals surface area contributed by atoms with Gasteiger partial charge in [0.25, 0.3) is 0 Å². The molecule has 0 radical (unpaired) electrons. The van der Waals surface area contributed by atoms with E-state index in [1.165, 1.54) is 7.05 Å². The molecule has 0 aliphatic carbocycles. The monoisotopic (exact) mass is 244 g/mol. The Morgan fingerprint density at radius 1 is 1.38 bits per heavy atom. The molecule has 1 aromatic rings. The second-order valence-electron chi connectivity index (χ2n) is 3.13. The molecule has 1 heterocycles. The molecule has 0 aromatic carbocycles. The van der Waals surface area contributed by atoms with E-state index in [9.17, 15) is 8.42 Å². The van der Waals surface area contributed by atoms with E-state index >= 15 is 0 Å². The SMILES string of the molecule is CNc1cc(NCCS(=O)(=O)NC)ccn1. The van der Waals surface area contributed by atoms with Crippen molar-refractivity contribution in [1.82, 2.24) is 9.71 Å². The van der Waals surface area contributed by atoms with Crippen LogP contribution in [0.4, 0.5) is 11.5 Å². The zero-order chi connectivity index (χ0) is 12.0. The highest BCUT2D eigenvalue weighted by atomic mass is 32.2. The molecular formula is C9H16N4O2S. The molecule has 0 fully saturated rings. The number of hydrogen-bond donors (Lipinski definition) is 3. The molecule has 0 atom stereocenters. The van der Waals surface area contributed by atoms with Crippen molar-refractivity contribution in [3.8, 4) is 0 Å². The van der Waals surface area contributed by atoms with Gasteiger partial charge in [0, 0.05) is 31.5 Å². The van der Waals surface area contributed by atoms with Crippen LogP contribution in [0.25, 0.3) is 0 Å². The summed E-state index contributed by atoms with van der Waals surface area (Å²) in [4.78, 5) is 4.05. The van der Waals surface area contributed by atoms with Crippen molar-refractivity contribution in [2.24, 2.45) is 0 Å². The summed E-state index contributed by atoms with van der Waals surface area (Å²) in [5, 5.41) is 5.91. The second-order valence-corrected chi connectivity index (χ2v) is 5.18. The van der Waals surface area contributed by atoms with Gasteiger partial charge in [-0.25, -0.2) is 18.1 Å². The maximum absolute atomic E-state index is 11.1. The largest absolute Gasteiger partial charge is 0.384 e. The third kappa shape index (κ3) is 4.03. The Morgan fingerprint density at radius 3 is 2.75 bits per heavy atom. The van der Waals surface area contributed by atoms with Crippen LogP contribution in [0.15, 0.2) is 18.3 Å². The van der Waals surface area contributed by atoms with Crippen molar-refractivity contribution in [2.75, 3.05) is 37.0 Å². The quantitative estimate of drug-likeness (QED) is 0.660. The number of sulfonamides is 1. The Kier molecular flexibility index (Phi) is 4.51. The summed E-state index contributed by atoms with van der Waals surface area (Å²) in [6.07, 6.45) is 1.65. The number of nitrogens with one attached hydrogen (secondary N) is 3. The van der Waals surface area contributed by atoms with Crippen molar-refractivity contribution < 1.29 is 8.42 Å². The molecule has 0 unspecified atom stereocenters. The summed E-state index contributed by atoms with van der Waals surface area (Å²) in [5.41, 5.74) is 0.839. The van der Waals surface area contributed by atoms with E-state index in [1.807, 2.05) is 6.07 Å². The summed E-state index contributed by atoms with van der Waals surface area (Å²) in [6, 6.07) is 3.60. The lowest BCUT2D eigenvalue weighted by atomic mass is 10.4. The van der Waals surface area contributed by atoms with Crippen molar-refractivity contribution in [3.05, 3.63) is 18.3 Å². The molecular weight excluding hydrogens is 228 g/mol. The first-order chi connectivity index (χ1) is 7.57. The van der Waals surface area contributed by atoms with E-state index in [-0.39, 0.29) is 5.75 Å². The van der Waals surface area contributed by atoms with Crippen molar-refractivity contribution in [3.63, 3.8) is 0 Å². The molecule has 1 aromatic heterocycles. The van der Waals surface area contributed by atoms with Gasteiger partial charge in [0.15, 0.2) is 0 Å². The number of hydrogen-bond acceptors (Lipinski definition) is 5. The third-order valence-corrected chi connectivity index (χ3v) is 3.39. The molecule has 0 spiro atoms. The molecule has 7 heteroatoms. The highest BCUT2D eigenvalue weighted by Crippen LogP contribution is 2.10. The van der Waals surface area contributed by atoms with E-state index < -0.39 is 10.0 Å². The van der Waals surface area contributed by atoms with Gasteiger partial charge in [-0.1, -0.05) is 0 Å². The minimum Gasteiger partial charge on any atom is -0.384 e. The first-order valence-corrected chi connectivity index (χ1v) is 6.51. The summed E-state index contributed by atoms with van der Waals surface area (Å²) in [6.45, 7) is 0.357. The van der Waals surface area contributed by atoms with Crippen molar-refractivity contribution in [1.29, 1.82) is 0 Å². The van der Waals surface area contributed by atoms with E-state index in [4.69, 9.17) is 0 Å². The smallest absolute Gasteiger partial charge is 0.213 e. The molecule has 1 rings (SSSR count). The molecule has 0 amide bonds. The van der Waals surface area contributed by atoms with E-state index in [2.05, 4.69) is 20.3 Å². The number of rotatable bonds is 6. The third-order valence-electron chi connectivity index (χ3n) is 2.03. The number of nitrogens with zero attached hydrogens (tertiary/aromatic N) is 1. The van der Waals surface area contributed by atoms with Crippen LogP contribution < -0.4 is 15.4 Å². The van der Waals surface area contributed by atoms with E-state index in [0.717, 1.165) is 11.5 Å². The predicted molar refractivity (Wildman–Crippen MR) is 65.1 cm³/mol. The number of aromatic nitrogens is 1. The van der Waals surface area contributed by atoms with Crippen LogP contribution in [-0.4, -0.2) is 39.8 Å². The van der Waals surface area contributed by atoms with Gasteiger partial charge in [-0.15, -0.1) is 0 Å². The first kappa shape index (κ1) is 12.7. The first-order valence-electron chi connectivity index (χ1n) is 4.86. The molecule has 0 aliphatic heterocycles. The fourth-order valence-electron chi connectivity index (χ4n) is 1.11. The van der Waals surface area contributed by atoms with Gasteiger partial charge in [0.2, 0.25) is 10.0 Å². The summed E-state index contributed by atoms with van der Waals surface area (Å²) in [7, 11) is 0.0299. The minimum absolute atomic E-state index is 0.0424. The van der Waals surface area contributed by atoms with Crippen molar-refractivity contribution in [2.45, 2.75) is 0 Å². The molecule has 3 N–H and O–H groups in total. The van der Waals surface area contributed by atoms with Gasteiger partial charge in [-0.2, -0.15) is 0 Å². The predicted octanol–water partition coefficient (Wildman–Crippen LogP) is 0.0844. The van der Waals surface area contributed by atoms with Crippen LogP contribution in [0, 0.1) is 0 Å². The lowest BCUT2D eigenvalue weighted by Gasteiger charge is -2.07. The fourth-order valence-corrected chi connectivity index (χ4v) is 1.68. The maximum atomic E-state index is 11.1. The molecule has 90 valence electrons. The molecule has 16 heavy (non-hydrogen) atoms. The topological polar surface area (TPSA) is 83.1 Å². The molecule has 6 nitrogen and oxygen atoms in total. The van der Waals surface area contributed by atoms with E-state index in [1.54, 1.807) is 19.3 Å². The Labute approximate surface area is 95.5 Å². The molecule has 0 aliphatic rings. The van der Waals surface area contributed by atoms with Gasteiger partial charge in [-0.05, 0) is 13.1 Å². The zero-order valence-corrected chi connectivity index (χ0v) is 10.1. The van der Waals surface area contributed by atoms with Gasteiger partial charge in [0.05, 0.1) is 5.75 Å². The van der Waals surface area contributed by atoms with Crippen LogP contribution >= 0.6 is 0 Å². The van der Waals surface area contributed by atoms with Crippen LogP contribution in [0.3, 0.4) is 0 Å². The standard InChI is InChI=1S/C9H16N4O2S/c1-10-9-7-8(3-4-13-9)12-5-6-16(14,15)11-2/h3-4,7,11H,5-6H2,1-2H3,(H2,10,12,13). The number of pyridine rings is 1. The number of anilines is 2. The van der Waals surface area contributed by atoms with Gasteiger partial charge in [-0.3, -0.25) is 0 Å². The van der Waals surface area contributed by atoms with Gasteiger partial charge >= 0.3 is 0 Å². The Balaban J connectivity index is 2.49. The lowest BCUT2D eigenvalue weighted by molar-refractivity contribution is 0.588. The zero-order valence-electron chi connectivity index (χ0n) is 9.32. The summed E-state index contributed by atoms with van der Waals surface area (Å²) in [5.74, 6) is 0.780. The Bertz CT molecular complexity index is 433. The fraction of sp³-hybridized carbons (Fsp3) is 0.444. The Morgan fingerprint density at radius 2 is 2.12 bits per heavy atom. The van der Waals surface area contributed by atoms with Crippen LogP contribution in [0.2, 0.25) is 0 Å². The van der Waals surface area contributed by atoms with Crippen LogP contribution in [0.5, 0.6) is 0 Å². The van der Waals surface area contributed by atoms with Gasteiger partial charge in [0.1, 0.15) is 5.82 Å². The summed E-state index contributed by atoms with van der Waals surface area (Å²) >= 11 is 0. The second kappa shape index (κ2) is 5.66.